The van der Waals surface area contributed by atoms with Crippen molar-refractivity contribution in [3.05, 3.63) is 68.7 Å². The molecule has 8 heteroatoms. The molecule has 2 N–H and O–H groups in total. The van der Waals surface area contributed by atoms with Gasteiger partial charge < -0.3 is 15.4 Å². The number of nitrogens with zero attached hydrogens (tertiary/aromatic N) is 1. The second-order valence-electron chi connectivity index (χ2n) is 6.96. The number of thioether (sulfide) groups is 1. The van der Waals surface area contributed by atoms with Gasteiger partial charge in [-0.25, -0.2) is 0 Å². The predicted molar refractivity (Wildman–Crippen MR) is 126 cm³/mol. The normalized spacial score (nSPS) is 15.8. The van der Waals surface area contributed by atoms with Gasteiger partial charge in [-0.05, 0) is 55.3 Å². The highest BCUT2D eigenvalue weighted by Gasteiger charge is 2.29. The van der Waals surface area contributed by atoms with E-state index in [4.69, 9.17) is 4.74 Å². The molecule has 0 radical (unpaired) electrons. The molecule has 1 heterocycles. The maximum Gasteiger partial charge on any atom is 0.234 e. The molecule has 0 unspecified atom stereocenters. The number of aryl methyl sites for hydroxylation is 1. The van der Waals surface area contributed by atoms with E-state index in [9.17, 15) is 14.9 Å². The van der Waals surface area contributed by atoms with E-state index in [1.54, 1.807) is 0 Å². The SMILES string of the molecule is CCOc1ccc([C@@H]2CC(=O)NC(SCC(=O)Nc3ccc(Br)c(C)c3)=C2C#N)cc1. The highest BCUT2D eigenvalue weighted by molar-refractivity contribution is 9.10. The van der Waals surface area contributed by atoms with Gasteiger partial charge in [0, 0.05) is 22.5 Å². The fraction of sp³-hybridized carbons (Fsp3) is 0.261. The maximum atomic E-state index is 12.4. The summed E-state index contributed by atoms with van der Waals surface area (Å²) in [6, 6.07) is 15.2. The van der Waals surface area contributed by atoms with Crippen molar-refractivity contribution in [1.82, 2.24) is 5.32 Å². The number of halogens is 1. The van der Waals surface area contributed by atoms with Gasteiger partial charge in [0.05, 0.1) is 29.0 Å². The third-order valence-corrected chi connectivity index (χ3v) is 6.65. The van der Waals surface area contributed by atoms with Crippen LogP contribution in [0.15, 0.2) is 57.5 Å². The van der Waals surface area contributed by atoms with Gasteiger partial charge in [-0.1, -0.05) is 39.8 Å². The van der Waals surface area contributed by atoms with Crippen LogP contribution in [0.4, 0.5) is 5.69 Å². The van der Waals surface area contributed by atoms with Crippen molar-refractivity contribution in [2.75, 3.05) is 17.7 Å². The summed E-state index contributed by atoms with van der Waals surface area (Å²) in [4.78, 5) is 24.7. The second kappa shape index (κ2) is 10.5. The van der Waals surface area contributed by atoms with Crippen LogP contribution >= 0.6 is 27.7 Å². The molecular weight excluding hydrogens is 478 g/mol. The van der Waals surface area contributed by atoms with Crippen molar-refractivity contribution in [2.45, 2.75) is 26.2 Å². The predicted octanol–water partition coefficient (Wildman–Crippen LogP) is 4.87. The molecule has 0 saturated heterocycles. The molecule has 2 amide bonds. The van der Waals surface area contributed by atoms with Crippen LogP contribution in [0.1, 0.15) is 30.4 Å². The van der Waals surface area contributed by atoms with Gasteiger partial charge in [-0.2, -0.15) is 5.26 Å². The molecule has 0 aromatic heterocycles. The Labute approximate surface area is 194 Å². The monoisotopic (exact) mass is 499 g/mol. The van der Waals surface area contributed by atoms with E-state index in [0.29, 0.717) is 22.9 Å². The van der Waals surface area contributed by atoms with Crippen LogP contribution < -0.4 is 15.4 Å². The fourth-order valence-corrected chi connectivity index (χ4v) is 4.36. The highest BCUT2D eigenvalue weighted by Crippen LogP contribution is 2.36. The zero-order valence-corrected chi connectivity index (χ0v) is 19.6. The number of carbonyl (C=O) groups is 2. The maximum absolute atomic E-state index is 12.4. The Kier molecular flexibility index (Phi) is 7.77. The molecule has 0 bridgehead atoms. The Bertz CT molecular complexity index is 1060. The minimum absolute atomic E-state index is 0.0753. The number of ether oxygens (including phenoxy) is 1. The van der Waals surface area contributed by atoms with Crippen LogP contribution in [0.2, 0.25) is 0 Å². The Morgan fingerprint density at radius 3 is 2.71 bits per heavy atom. The minimum Gasteiger partial charge on any atom is -0.494 e. The van der Waals surface area contributed by atoms with Crippen LogP contribution in [-0.2, 0) is 9.59 Å². The summed E-state index contributed by atoms with van der Waals surface area (Å²) < 4.78 is 6.43. The van der Waals surface area contributed by atoms with Gasteiger partial charge >= 0.3 is 0 Å². The zero-order valence-electron chi connectivity index (χ0n) is 17.2. The molecule has 0 aliphatic carbocycles. The van der Waals surface area contributed by atoms with Crippen molar-refractivity contribution in [3.8, 4) is 11.8 Å². The molecule has 160 valence electrons. The molecule has 2 aromatic carbocycles. The molecule has 1 aliphatic heterocycles. The number of benzene rings is 2. The number of amides is 2. The smallest absolute Gasteiger partial charge is 0.234 e. The van der Waals surface area contributed by atoms with E-state index >= 15 is 0 Å². The summed E-state index contributed by atoms with van der Waals surface area (Å²) >= 11 is 4.59. The molecule has 1 atom stereocenters. The minimum atomic E-state index is -0.353. The van der Waals surface area contributed by atoms with Gasteiger partial charge in [0.25, 0.3) is 0 Å². The number of anilines is 1. The first-order chi connectivity index (χ1) is 14.9. The quantitative estimate of drug-likeness (QED) is 0.566. The van der Waals surface area contributed by atoms with E-state index < -0.39 is 0 Å². The Morgan fingerprint density at radius 1 is 1.32 bits per heavy atom. The number of rotatable bonds is 7. The lowest BCUT2D eigenvalue weighted by Gasteiger charge is -2.25. The Morgan fingerprint density at radius 2 is 2.06 bits per heavy atom. The zero-order chi connectivity index (χ0) is 22.4. The summed E-state index contributed by atoms with van der Waals surface area (Å²) in [7, 11) is 0. The van der Waals surface area contributed by atoms with E-state index in [-0.39, 0.29) is 29.9 Å². The van der Waals surface area contributed by atoms with Crippen molar-refractivity contribution in [2.24, 2.45) is 0 Å². The first-order valence-corrected chi connectivity index (χ1v) is 11.5. The van der Waals surface area contributed by atoms with Gasteiger partial charge in [0.2, 0.25) is 11.8 Å². The van der Waals surface area contributed by atoms with Gasteiger partial charge in [-0.15, -0.1) is 0 Å². The van der Waals surface area contributed by atoms with Crippen LogP contribution in [0.25, 0.3) is 0 Å². The third-order valence-electron chi connectivity index (χ3n) is 4.74. The Hall–Kier alpha value is -2.76. The fourth-order valence-electron chi connectivity index (χ4n) is 3.24. The first-order valence-electron chi connectivity index (χ1n) is 9.77. The molecule has 0 spiro atoms. The standard InChI is InChI=1S/C23H22BrN3O3S/c1-3-30-17-7-4-15(5-8-17)18-11-21(28)27-23(19(18)12-25)31-13-22(29)26-16-6-9-20(24)14(2)10-16/h4-10,18H,3,11,13H2,1-2H3,(H,26,29)(H,27,28)/t18-/m0/s1. The molecule has 3 rings (SSSR count). The van der Waals surface area contributed by atoms with E-state index in [0.717, 1.165) is 33.1 Å². The number of nitrogens with one attached hydrogen (secondary N) is 2. The van der Waals surface area contributed by atoms with Crippen LogP contribution in [0.3, 0.4) is 0 Å². The lowest BCUT2D eigenvalue weighted by Crippen LogP contribution is -2.31. The van der Waals surface area contributed by atoms with E-state index in [2.05, 4.69) is 32.6 Å². The van der Waals surface area contributed by atoms with Gasteiger partial charge in [-0.3, -0.25) is 9.59 Å². The topological polar surface area (TPSA) is 91.2 Å². The van der Waals surface area contributed by atoms with Crippen molar-refractivity contribution in [3.63, 3.8) is 0 Å². The lowest BCUT2D eigenvalue weighted by molar-refractivity contribution is -0.121. The number of carbonyl (C=O) groups excluding carboxylic acids is 2. The summed E-state index contributed by atoms with van der Waals surface area (Å²) in [5, 5.41) is 15.8. The van der Waals surface area contributed by atoms with Crippen LogP contribution in [0, 0.1) is 18.3 Å². The van der Waals surface area contributed by atoms with Crippen LogP contribution in [0.5, 0.6) is 5.75 Å². The molecule has 6 nitrogen and oxygen atoms in total. The first kappa shape index (κ1) is 22.9. The molecule has 1 aliphatic rings. The average molecular weight is 500 g/mol. The van der Waals surface area contributed by atoms with Gasteiger partial charge in [0.15, 0.2) is 0 Å². The molecule has 2 aromatic rings. The van der Waals surface area contributed by atoms with E-state index in [1.165, 1.54) is 0 Å². The van der Waals surface area contributed by atoms with Gasteiger partial charge in [0.1, 0.15) is 5.75 Å². The number of allylic oxidation sites excluding steroid dienone is 1. The second-order valence-corrected chi connectivity index (χ2v) is 8.80. The highest BCUT2D eigenvalue weighted by atomic mass is 79.9. The summed E-state index contributed by atoms with van der Waals surface area (Å²) in [5.74, 6) is 0.0714. The summed E-state index contributed by atoms with van der Waals surface area (Å²) in [5.41, 5.74) is 3.03. The molecular formula is C23H22BrN3O3S. The van der Waals surface area contributed by atoms with E-state index in [1.807, 2.05) is 56.3 Å². The summed E-state index contributed by atoms with van der Waals surface area (Å²) in [6.45, 7) is 4.42. The third kappa shape index (κ3) is 5.90. The number of nitriles is 1. The molecule has 0 saturated carbocycles. The largest absolute Gasteiger partial charge is 0.494 e. The van der Waals surface area contributed by atoms with Crippen molar-refractivity contribution >= 4 is 45.2 Å². The van der Waals surface area contributed by atoms with Crippen LogP contribution in [-0.4, -0.2) is 24.2 Å². The van der Waals surface area contributed by atoms with Crippen molar-refractivity contribution in [1.29, 1.82) is 5.26 Å². The van der Waals surface area contributed by atoms with Crippen molar-refractivity contribution < 1.29 is 14.3 Å². The lowest BCUT2D eigenvalue weighted by atomic mass is 9.87. The summed E-state index contributed by atoms with van der Waals surface area (Å²) in [6.07, 6.45) is 0.186. The molecule has 0 fully saturated rings. The number of hydrogen-bond donors (Lipinski definition) is 2. The Balaban J connectivity index is 1.73. The molecule has 31 heavy (non-hydrogen) atoms. The average Bonchev–Trinajstić information content (AvgIpc) is 2.75. The number of hydrogen-bond acceptors (Lipinski definition) is 5.